The number of pyridine rings is 8. The van der Waals surface area contributed by atoms with Gasteiger partial charge in [-0.2, -0.15) is 20.4 Å². The van der Waals surface area contributed by atoms with Gasteiger partial charge in [-0.05, 0) is 222 Å². The molecule has 20 aromatic heterocycles. The number of fused-ring (bicyclic) bond motifs is 8. The molecule has 26 aromatic rings. The number of amides is 2. The second-order valence-electron chi connectivity index (χ2n) is 36.2. The van der Waals surface area contributed by atoms with Crippen molar-refractivity contribution in [3.8, 4) is 132 Å². The summed E-state index contributed by atoms with van der Waals surface area (Å²) in [6, 6.07) is 68.9. The third-order valence-electron chi connectivity index (χ3n) is 24.8. The largest absolute Gasteiger partial charge is 0.382 e. The van der Waals surface area contributed by atoms with Gasteiger partial charge in [-0.3, -0.25) is 69.9 Å². The molecule has 0 bridgehead atoms. The van der Waals surface area contributed by atoms with Gasteiger partial charge in [0.05, 0.1) is 105 Å². The van der Waals surface area contributed by atoms with Crippen LogP contribution in [-0.4, -0.2) is 157 Å². The van der Waals surface area contributed by atoms with Gasteiger partial charge < -0.3 is 40.8 Å². The Bertz CT molecular complexity index is 9170. The van der Waals surface area contributed by atoms with Crippen LogP contribution in [0.25, 0.3) is 220 Å². The minimum atomic E-state index is -0.182. The van der Waals surface area contributed by atoms with Gasteiger partial charge in [0.2, 0.25) is 5.91 Å². The van der Waals surface area contributed by atoms with Crippen LogP contribution in [0.4, 0.5) is 17.1 Å². The highest BCUT2D eigenvalue weighted by molar-refractivity contribution is 7.16. The summed E-state index contributed by atoms with van der Waals surface area (Å²) in [6.45, 7) is 13.5. The number of hydrogen-bond acceptors (Lipinski definition) is 24. The van der Waals surface area contributed by atoms with Crippen LogP contribution in [0.5, 0.6) is 0 Å². The lowest BCUT2D eigenvalue weighted by atomic mass is 10.0. The predicted molar refractivity (Wildman–Crippen MR) is 590 cm³/mol. The number of H-pyrrole nitrogens is 8. The number of carbonyl (C=O) groups is 2. The van der Waals surface area contributed by atoms with Crippen molar-refractivity contribution in [3.63, 3.8) is 0 Å². The van der Waals surface area contributed by atoms with Crippen LogP contribution in [0.15, 0.2) is 305 Å². The Morgan fingerprint density at radius 3 is 0.973 bits per heavy atom. The van der Waals surface area contributed by atoms with Crippen molar-refractivity contribution in [2.45, 2.75) is 60.5 Å². The molecule has 6 aromatic carbocycles. The van der Waals surface area contributed by atoms with Crippen LogP contribution >= 0.6 is 45.3 Å². The van der Waals surface area contributed by atoms with E-state index in [1.165, 1.54) is 25.1 Å². The van der Waals surface area contributed by atoms with Crippen LogP contribution < -0.4 is 16.0 Å². The maximum absolute atomic E-state index is 12.6. The first kappa shape index (κ1) is 92.5. The molecule has 0 aliphatic carbocycles. The number of nitrogens with zero attached hydrogens (tertiary/aromatic N) is 17. The Kier molecular flexibility index (Phi) is 25.1. The second kappa shape index (κ2) is 39.9. The number of thiophene rings is 4. The summed E-state index contributed by atoms with van der Waals surface area (Å²) in [7, 11) is 4.12. The molecule has 147 heavy (non-hydrogen) atoms. The molecule has 2 amide bonds. The fourth-order valence-corrected chi connectivity index (χ4v) is 21.4. The van der Waals surface area contributed by atoms with E-state index in [9.17, 15) is 9.59 Å². The summed E-state index contributed by atoms with van der Waals surface area (Å²) in [5, 5.41) is 44.1. The first-order chi connectivity index (χ1) is 71.8. The molecule has 0 aliphatic heterocycles. The topological polar surface area (TPSA) is 406 Å². The predicted octanol–water partition coefficient (Wildman–Crippen LogP) is 25.7. The van der Waals surface area contributed by atoms with Crippen LogP contribution in [0.2, 0.25) is 0 Å². The van der Waals surface area contributed by atoms with E-state index in [4.69, 9.17) is 19.9 Å². The Labute approximate surface area is 855 Å². The quantitative estimate of drug-likeness (QED) is 0.0318. The summed E-state index contributed by atoms with van der Waals surface area (Å²) in [5.41, 5.74) is 30.7. The zero-order valence-electron chi connectivity index (χ0n) is 80.4. The van der Waals surface area contributed by atoms with Crippen molar-refractivity contribution in [2.75, 3.05) is 30.0 Å². The molecule has 0 spiro atoms. The Morgan fingerprint density at radius 1 is 0.313 bits per heavy atom. The van der Waals surface area contributed by atoms with E-state index in [0.29, 0.717) is 46.9 Å². The van der Waals surface area contributed by atoms with Crippen LogP contribution in [0.1, 0.15) is 54.8 Å². The minimum absolute atomic E-state index is 0.0887. The third-order valence-corrected chi connectivity index (χ3v) is 29.0. The van der Waals surface area contributed by atoms with E-state index >= 15 is 0 Å². The zero-order valence-corrected chi connectivity index (χ0v) is 83.7. The van der Waals surface area contributed by atoms with Gasteiger partial charge in [0.15, 0.2) is 23.3 Å². The number of aromatic nitrogens is 24. The van der Waals surface area contributed by atoms with E-state index in [1.807, 2.05) is 153 Å². The average molecular weight is 2000 g/mol. The van der Waals surface area contributed by atoms with Gasteiger partial charge in [0.1, 0.15) is 44.8 Å². The van der Waals surface area contributed by atoms with E-state index in [-0.39, 0.29) is 11.8 Å². The molecule has 34 heteroatoms. The van der Waals surface area contributed by atoms with Gasteiger partial charge in [0.25, 0.3) is 5.91 Å². The lowest BCUT2D eigenvalue weighted by molar-refractivity contribution is -0.115. The summed E-state index contributed by atoms with van der Waals surface area (Å²) in [4.78, 5) is 106. The molecule has 0 saturated carbocycles. The second-order valence-corrected chi connectivity index (χ2v) is 41.3. The molecule has 0 aliphatic rings. The third kappa shape index (κ3) is 19.5. The Balaban J connectivity index is 0.000000108. The highest BCUT2D eigenvalue weighted by Crippen LogP contribution is 2.43. The van der Waals surface area contributed by atoms with E-state index in [0.717, 1.165) is 220 Å². The molecular formula is C113H90N28O2S4. The maximum Gasteiger partial charge on any atom is 0.255 e. The molecule has 0 radical (unpaired) electrons. The van der Waals surface area contributed by atoms with Crippen LogP contribution in [0, 0.1) is 27.7 Å². The smallest absolute Gasteiger partial charge is 0.255 e. The fourth-order valence-electron chi connectivity index (χ4n) is 17.9. The average Bonchev–Trinajstić information content (AvgIpc) is 1.62. The molecule has 0 fully saturated rings. The van der Waals surface area contributed by atoms with Gasteiger partial charge in [0, 0.05) is 185 Å². The molecule has 0 atom stereocenters. The van der Waals surface area contributed by atoms with Crippen LogP contribution in [-0.2, 0) is 17.8 Å². The van der Waals surface area contributed by atoms with Crippen molar-refractivity contribution < 1.29 is 9.59 Å². The minimum Gasteiger partial charge on any atom is -0.382 e. The van der Waals surface area contributed by atoms with Crippen molar-refractivity contribution in [2.24, 2.45) is 0 Å². The SMILES string of the molecule is Cc1ccc(-c2cncc3[nH]c(-c4n[nH]c5ccc(-c6cncc(CN(C)C)c6)cc45)nc23)s1.Cc1ccc(-c2cncc3[nH]c(-c4n[nH]c5ccc(-c6cncc(NC(=O)Cc7ccccc7)c6)cc45)nc23)s1.Cc1ccc(-c2cncc3[nH]c(-c4n[nH]c5ccc(-c6cncc(NC(=O)c7ccccc7)c6)cc45)nc23)s1.Cc1ccc(-c2cncc3[nH]c(-c4n[nH]c5ccc(-c6cncc(NC(C)C)c6)cc45)nc23)s1. The molecule has 11 N–H and O–H groups in total. The number of aryl methyl sites for hydroxylation is 4. The first-order valence-electron chi connectivity index (χ1n) is 47.3. The lowest BCUT2D eigenvalue weighted by Crippen LogP contribution is -2.14. The standard InChI is InChI=1S/C31H23N7OS.C30H21N7OS.2C26H23N7S/c1-18-7-10-27(40-18)24-16-33-17-26-29(24)36-31(35-26)30-23-13-20(8-9-25(23)37-38-30)21-12-22(15-32-14-21)34-28(39)11-19-5-3-2-4-6-19;1-17-7-10-26(39-17)23-15-32-16-25-27(23)35-29(34-25)28-22-12-19(8-9-24(22)36-37-28)20-11-21(14-31-13-20)33-30(38)18-5-3-2-4-6-18;1-15-4-7-23(34-15)20-12-28-13-22-24(20)30-26(29-22)25-19-9-17(5-6-21(19)31-32-25)18-8-16(10-27-11-18)14-33(2)3;1-14(2)29-18-8-17(10-27-11-18)16-5-6-21-19(9-16)25(33-32-21)26-30-22-13-28-12-20(24(22)31-26)23-7-4-15(3)34-23/h2-10,12-17H,11H2,1H3,(H,34,39)(H,35,36)(H,37,38);2-16H,1H3,(H,33,38)(H,34,35)(H,36,37);4-13H,14H2,1-3H3,(H,29,30)(H,31,32);4-14,29H,1-3H3,(H,30,31)(H,32,33). The molecule has 20 heterocycles. The van der Waals surface area contributed by atoms with Gasteiger partial charge in [-0.25, -0.2) is 19.9 Å². The van der Waals surface area contributed by atoms with Gasteiger partial charge in [-0.15, -0.1) is 45.3 Å². The number of anilines is 3. The summed E-state index contributed by atoms with van der Waals surface area (Å²) in [6.07, 6.45) is 29.4. The van der Waals surface area contributed by atoms with Crippen molar-refractivity contribution in [3.05, 3.63) is 342 Å². The van der Waals surface area contributed by atoms with Crippen LogP contribution in [0.3, 0.4) is 0 Å². The fraction of sp³-hybridized carbons (Fsp3) is 0.0973. The zero-order chi connectivity index (χ0) is 99.9. The monoisotopic (exact) mass is 2000 g/mol. The van der Waals surface area contributed by atoms with Crippen molar-refractivity contribution >= 4 is 162 Å². The summed E-state index contributed by atoms with van der Waals surface area (Å²) in [5.74, 6) is 2.50. The van der Waals surface area contributed by atoms with Gasteiger partial charge >= 0.3 is 0 Å². The number of rotatable bonds is 21. The molecule has 718 valence electrons. The lowest BCUT2D eigenvalue weighted by Gasteiger charge is -2.11. The molecule has 0 unspecified atom stereocenters. The Hall–Kier alpha value is -18.2. The van der Waals surface area contributed by atoms with E-state index in [2.05, 4.69) is 280 Å². The molecule has 30 nitrogen and oxygen atoms in total. The highest BCUT2D eigenvalue weighted by Gasteiger charge is 2.25. The maximum atomic E-state index is 12.6. The number of aromatic amines is 8. The number of carbonyl (C=O) groups excluding carboxylic acids is 2. The van der Waals surface area contributed by atoms with Crippen molar-refractivity contribution in [1.29, 1.82) is 0 Å². The normalized spacial score (nSPS) is 11.5. The molecule has 26 rings (SSSR count). The number of nitrogens with one attached hydrogen (secondary N) is 11. The summed E-state index contributed by atoms with van der Waals surface area (Å²) >= 11 is 6.93. The first-order valence-corrected chi connectivity index (χ1v) is 50.6. The number of benzene rings is 6. The highest BCUT2D eigenvalue weighted by atomic mass is 32.1. The van der Waals surface area contributed by atoms with Crippen molar-refractivity contribution in [1.82, 2.24) is 125 Å². The number of hydrogen-bond donors (Lipinski definition) is 11. The summed E-state index contributed by atoms with van der Waals surface area (Å²) < 4.78 is 0. The molecule has 0 saturated heterocycles. The van der Waals surface area contributed by atoms with E-state index in [1.54, 1.807) is 94.7 Å². The number of imidazole rings is 4. The van der Waals surface area contributed by atoms with Gasteiger partial charge in [-0.1, -0.05) is 72.8 Å². The Morgan fingerprint density at radius 2 is 0.633 bits per heavy atom. The van der Waals surface area contributed by atoms with E-state index < -0.39 is 0 Å². The molecular weight excluding hydrogens is 1910 g/mol.